The monoisotopic (exact) mass is 656 g/mol. The second kappa shape index (κ2) is 12.3. The molecule has 2 aromatic carbocycles. The fourth-order valence-corrected chi connectivity index (χ4v) is 6.49. The Kier molecular flexibility index (Phi) is 7.98. The van der Waals surface area contributed by atoms with Gasteiger partial charge in [0.05, 0.1) is 29.4 Å². The van der Waals surface area contributed by atoms with Crippen molar-refractivity contribution in [2.45, 2.75) is 38.6 Å². The standard InChI is InChI=1S/C33H30F2N8O3S/c1-47(45,46)38-15-18-9-21(11-23(34)10-18)28-31-27(7-8-37-28)40-32(41-31)30-25-13-20(14-26(35)29(25)42-43-30)22-12-24(17-36-16-22)39-33(44)19-5-3-2-4-6-19/h7-14,16-17,19,38H,2-6,15H2,1H3,(H,39,44)(H,40,41)(H,42,43). The first-order valence-electron chi connectivity index (χ1n) is 15.1. The number of pyridine rings is 2. The number of hydrogen-bond acceptors (Lipinski definition) is 7. The van der Waals surface area contributed by atoms with E-state index in [4.69, 9.17) is 4.98 Å². The third kappa shape index (κ3) is 6.46. The van der Waals surface area contributed by atoms with E-state index in [1.807, 2.05) is 0 Å². The average molecular weight is 657 g/mol. The van der Waals surface area contributed by atoms with E-state index in [1.54, 1.807) is 42.9 Å². The molecule has 240 valence electrons. The van der Waals surface area contributed by atoms with Crippen molar-refractivity contribution in [3.8, 4) is 33.9 Å². The van der Waals surface area contributed by atoms with Crippen molar-refractivity contribution in [1.29, 1.82) is 0 Å². The molecule has 0 radical (unpaired) electrons. The van der Waals surface area contributed by atoms with Crippen LogP contribution in [0.2, 0.25) is 0 Å². The molecule has 6 aromatic rings. The molecule has 0 unspecified atom stereocenters. The second-order valence-corrected chi connectivity index (χ2v) is 13.7. The van der Waals surface area contributed by atoms with Gasteiger partial charge in [0.2, 0.25) is 15.9 Å². The number of halogens is 2. The van der Waals surface area contributed by atoms with Gasteiger partial charge in [-0.25, -0.2) is 26.9 Å². The van der Waals surface area contributed by atoms with Crippen molar-refractivity contribution in [2.75, 3.05) is 11.6 Å². The molecule has 0 aliphatic heterocycles. The van der Waals surface area contributed by atoms with Gasteiger partial charge in [0.1, 0.15) is 28.4 Å². The van der Waals surface area contributed by atoms with Crippen molar-refractivity contribution >= 4 is 43.6 Å². The maximum absolute atomic E-state index is 15.4. The fourth-order valence-electron chi connectivity index (χ4n) is 6.06. The number of hydrogen-bond donors (Lipinski definition) is 4. The summed E-state index contributed by atoms with van der Waals surface area (Å²) in [5, 5.41) is 10.6. The Labute approximate surface area is 268 Å². The predicted molar refractivity (Wildman–Crippen MR) is 174 cm³/mol. The number of carbonyl (C=O) groups excluding carboxylic acids is 1. The Balaban J connectivity index is 1.23. The van der Waals surface area contributed by atoms with Gasteiger partial charge < -0.3 is 10.3 Å². The molecule has 1 aliphatic rings. The largest absolute Gasteiger partial charge is 0.336 e. The van der Waals surface area contributed by atoms with Crippen molar-refractivity contribution in [3.05, 3.63) is 78.3 Å². The van der Waals surface area contributed by atoms with E-state index in [0.717, 1.165) is 38.4 Å². The topological polar surface area (TPSA) is 158 Å². The number of fused-ring (bicyclic) bond motifs is 2. The number of rotatable bonds is 8. The Morgan fingerprint density at radius 1 is 0.979 bits per heavy atom. The van der Waals surface area contributed by atoms with Gasteiger partial charge in [-0.2, -0.15) is 5.10 Å². The van der Waals surface area contributed by atoms with Crippen molar-refractivity contribution in [2.24, 2.45) is 5.92 Å². The minimum atomic E-state index is -3.48. The van der Waals surface area contributed by atoms with Gasteiger partial charge in [0, 0.05) is 41.4 Å². The van der Waals surface area contributed by atoms with E-state index >= 15 is 4.39 Å². The van der Waals surface area contributed by atoms with E-state index < -0.39 is 21.7 Å². The summed E-state index contributed by atoms with van der Waals surface area (Å²) in [4.78, 5) is 29.5. The Morgan fingerprint density at radius 2 is 1.81 bits per heavy atom. The number of H-pyrrole nitrogens is 2. The third-order valence-corrected chi connectivity index (χ3v) is 9.00. The Morgan fingerprint density at radius 3 is 2.62 bits per heavy atom. The molecule has 14 heteroatoms. The fraction of sp³-hybridized carbons (Fsp3) is 0.242. The molecule has 4 aromatic heterocycles. The van der Waals surface area contributed by atoms with Crippen LogP contribution in [0.3, 0.4) is 0 Å². The van der Waals surface area contributed by atoms with Gasteiger partial charge in [-0.1, -0.05) is 19.3 Å². The van der Waals surface area contributed by atoms with Crippen molar-refractivity contribution in [1.82, 2.24) is 34.9 Å². The zero-order valence-corrected chi connectivity index (χ0v) is 26.1. The summed E-state index contributed by atoms with van der Waals surface area (Å²) in [6, 6.07) is 10.8. The summed E-state index contributed by atoms with van der Waals surface area (Å²) in [7, 11) is -3.48. The molecule has 0 atom stereocenters. The quantitative estimate of drug-likeness (QED) is 0.155. The summed E-state index contributed by atoms with van der Waals surface area (Å²) in [5.74, 6) is -0.800. The molecule has 47 heavy (non-hydrogen) atoms. The minimum absolute atomic E-state index is 0.0194. The number of benzene rings is 2. The van der Waals surface area contributed by atoms with E-state index in [0.29, 0.717) is 61.6 Å². The van der Waals surface area contributed by atoms with E-state index in [9.17, 15) is 17.6 Å². The maximum atomic E-state index is 15.4. The number of sulfonamides is 1. The molecule has 4 N–H and O–H groups in total. The first-order chi connectivity index (χ1) is 22.6. The lowest BCUT2D eigenvalue weighted by Crippen LogP contribution is -2.24. The first-order valence-corrected chi connectivity index (χ1v) is 17.0. The van der Waals surface area contributed by atoms with Crippen LogP contribution in [-0.4, -0.2) is 50.7 Å². The minimum Gasteiger partial charge on any atom is -0.336 e. The molecule has 1 saturated carbocycles. The highest BCUT2D eigenvalue weighted by molar-refractivity contribution is 7.88. The van der Waals surface area contributed by atoms with Crippen molar-refractivity contribution in [3.63, 3.8) is 0 Å². The summed E-state index contributed by atoms with van der Waals surface area (Å²) in [5.41, 5.74) is 4.42. The van der Waals surface area contributed by atoms with Gasteiger partial charge in [-0.05, 0) is 66.4 Å². The molecule has 0 saturated heterocycles. The molecule has 0 bridgehead atoms. The van der Waals surface area contributed by atoms with Gasteiger partial charge in [0.15, 0.2) is 5.82 Å². The second-order valence-electron chi connectivity index (χ2n) is 11.8. The number of aromatic nitrogens is 6. The number of imidazole rings is 1. The Hall–Kier alpha value is -5.08. The first kappa shape index (κ1) is 30.6. The smallest absolute Gasteiger partial charge is 0.227 e. The lowest BCUT2D eigenvalue weighted by atomic mass is 9.88. The average Bonchev–Trinajstić information content (AvgIpc) is 3.68. The summed E-state index contributed by atoms with van der Waals surface area (Å²) in [6.07, 6.45) is 10.7. The van der Waals surface area contributed by atoms with Crippen LogP contribution in [0.4, 0.5) is 14.5 Å². The number of nitrogens with zero attached hydrogens (tertiary/aromatic N) is 4. The molecule has 1 amide bonds. The lowest BCUT2D eigenvalue weighted by molar-refractivity contribution is -0.120. The lowest BCUT2D eigenvalue weighted by Gasteiger charge is -2.20. The molecule has 11 nitrogen and oxygen atoms in total. The Bertz CT molecular complexity index is 2260. The normalized spacial score (nSPS) is 14.2. The van der Waals surface area contributed by atoms with Gasteiger partial charge in [0.25, 0.3) is 0 Å². The summed E-state index contributed by atoms with van der Waals surface area (Å²) in [6.45, 7) is -0.0934. The van der Waals surface area contributed by atoms with Crippen molar-refractivity contribution < 1.29 is 22.0 Å². The van der Waals surface area contributed by atoms with Gasteiger partial charge in [-0.3, -0.25) is 19.9 Å². The predicted octanol–water partition coefficient (Wildman–Crippen LogP) is 6.08. The molecule has 4 heterocycles. The highest BCUT2D eigenvalue weighted by Crippen LogP contribution is 2.34. The van der Waals surface area contributed by atoms with Crippen LogP contribution in [0.5, 0.6) is 0 Å². The van der Waals surface area contributed by atoms with E-state index in [-0.39, 0.29) is 23.9 Å². The summed E-state index contributed by atoms with van der Waals surface area (Å²) < 4.78 is 55.6. The number of carbonyl (C=O) groups is 1. The van der Waals surface area contributed by atoms with Crippen LogP contribution in [0, 0.1) is 17.6 Å². The van der Waals surface area contributed by atoms with Gasteiger partial charge in [-0.15, -0.1) is 0 Å². The summed E-state index contributed by atoms with van der Waals surface area (Å²) >= 11 is 0. The number of anilines is 1. The SMILES string of the molecule is CS(=O)(=O)NCc1cc(F)cc(-c2nccc3[nH]c(-c4n[nH]c5c(F)cc(-c6cncc(NC(=O)C7CCCCC7)c6)cc45)nc23)c1. The number of amides is 1. The van der Waals surface area contributed by atoms with Crippen LogP contribution in [0.25, 0.3) is 55.8 Å². The highest BCUT2D eigenvalue weighted by Gasteiger charge is 2.22. The maximum Gasteiger partial charge on any atom is 0.227 e. The van der Waals surface area contributed by atoms with Crippen LogP contribution in [-0.2, 0) is 21.4 Å². The zero-order chi connectivity index (χ0) is 32.7. The molecular weight excluding hydrogens is 626 g/mol. The van der Waals surface area contributed by atoms with E-state index in [2.05, 4.69) is 35.2 Å². The number of aromatic amines is 2. The van der Waals surface area contributed by atoms with Crippen LogP contribution in [0.1, 0.15) is 37.7 Å². The third-order valence-electron chi connectivity index (χ3n) is 8.33. The molecular formula is C33H30F2N8O3S. The zero-order valence-electron chi connectivity index (χ0n) is 25.3. The van der Waals surface area contributed by atoms with Crippen LogP contribution in [0.15, 0.2) is 61.1 Å². The molecule has 7 rings (SSSR count). The van der Waals surface area contributed by atoms with Crippen LogP contribution >= 0.6 is 0 Å². The van der Waals surface area contributed by atoms with Gasteiger partial charge >= 0.3 is 0 Å². The highest BCUT2D eigenvalue weighted by atomic mass is 32.2. The van der Waals surface area contributed by atoms with E-state index in [1.165, 1.54) is 18.2 Å². The molecule has 1 aliphatic carbocycles. The molecule has 1 fully saturated rings. The van der Waals surface area contributed by atoms with Crippen LogP contribution < -0.4 is 10.0 Å². The number of nitrogens with one attached hydrogen (secondary N) is 4. The molecule has 0 spiro atoms.